The predicted octanol–water partition coefficient (Wildman–Crippen LogP) is 7.17. The zero-order chi connectivity index (χ0) is 20.1. The quantitative estimate of drug-likeness (QED) is 0.459. The Morgan fingerprint density at radius 3 is 2.53 bits per heavy atom. The lowest BCUT2D eigenvalue weighted by molar-refractivity contribution is 0.0954. The van der Waals surface area contributed by atoms with E-state index in [-0.39, 0.29) is 16.2 Å². The Morgan fingerprint density at radius 1 is 0.967 bits per heavy atom. The van der Waals surface area contributed by atoms with Gasteiger partial charge >= 0.3 is 0 Å². The smallest absolute Gasteiger partial charge is 0.251 e. The third-order valence-corrected chi connectivity index (χ3v) is 6.06. The van der Waals surface area contributed by atoms with Gasteiger partial charge in [0.05, 0.1) is 5.69 Å². The van der Waals surface area contributed by atoms with Crippen LogP contribution in [0, 0.1) is 0 Å². The molecule has 0 aliphatic carbocycles. The molecule has 4 rings (SSSR count). The van der Waals surface area contributed by atoms with E-state index in [1.807, 2.05) is 36.4 Å². The van der Waals surface area contributed by atoms with Gasteiger partial charge in [-0.15, -0.1) is 0 Å². The fourth-order valence-corrected chi connectivity index (χ4v) is 4.47. The van der Waals surface area contributed by atoms with E-state index in [0.717, 1.165) is 35.6 Å². The van der Waals surface area contributed by atoms with Gasteiger partial charge in [-0.2, -0.15) is 0 Å². The van der Waals surface area contributed by atoms with Crippen LogP contribution in [0.4, 0.5) is 5.69 Å². The molecule has 0 spiro atoms. The van der Waals surface area contributed by atoms with Crippen LogP contribution in [0.1, 0.15) is 51.5 Å². The van der Waals surface area contributed by atoms with Crippen molar-refractivity contribution in [1.29, 1.82) is 0 Å². The van der Waals surface area contributed by atoms with Crippen molar-refractivity contribution in [2.75, 3.05) is 6.54 Å². The first-order valence-electron chi connectivity index (χ1n) is 10.1. The summed E-state index contributed by atoms with van der Waals surface area (Å²) in [5.74, 6) is -0.0530. The van der Waals surface area contributed by atoms with Crippen molar-refractivity contribution in [2.45, 2.75) is 43.4 Å². The highest BCUT2D eigenvalue weighted by Crippen LogP contribution is 2.41. The third kappa shape index (κ3) is 5.00. The summed E-state index contributed by atoms with van der Waals surface area (Å²) in [6, 6.07) is 24.4. The third-order valence-electron chi connectivity index (χ3n) is 4.92. The van der Waals surface area contributed by atoms with Crippen LogP contribution in [-0.2, 0) is 6.42 Å². The van der Waals surface area contributed by atoms with E-state index >= 15 is 0 Å². The van der Waals surface area contributed by atoms with Crippen molar-refractivity contribution in [3.05, 3.63) is 89.5 Å². The van der Waals surface area contributed by atoms with E-state index in [9.17, 15) is 4.79 Å². The number of benzene rings is 3. The number of aliphatic imine (C=N–C) groups is 1. The number of rotatable bonds is 6. The van der Waals surface area contributed by atoms with E-state index in [2.05, 4.69) is 48.6 Å². The average molecular weight is 421 g/mol. The molecule has 0 saturated carbocycles. The predicted molar refractivity (Wildman–Crippen MR) is 132 cm³/mol. The zero-order valence-corrected chi connectivity index (χ0v) is 17.3. The van der Waals surface area contributed by atoms with E-state index in [0.29, 0.717) is 12.1 Å². The van der Waals surface area contributed by atoms with Crippen LogP contribution < -0.4 is 5.32 Å². The summed E-state index contributed by atoms with van der Waals surface area (Å²) in [6.45, 7) is 2.78. The lowest BCUT2D eigenvalue weighted by Gasteiger charge is -2.08. The summed E-state index contributed by atoms with van der Waals surface area (Å²) in [7, 11) is 0. The average Bonchev–Trinajstić information content (AvgIpc) is 2.91. The molecular weight excluding hydrogens is 388 g/mol. The molecule has 158 valence electrons. The van der Waals surface area contributed by atoms with E-state index in [1.54, 1.807) is 11.8 Å². The molecular formula is C26H32N2OS. The van der Waals surface area contributed by atoms with Gasteiger partial charge < -0.3 is 5.32 Å². The van der Waals surface area contributed by atoms with Crippen molar-refractivity contribution in [3.8, 4) is 0 Å². The van der Waals surface area contributed by atoms with Crippen LogP contribution in [-0.4, -0.2) is 18.2 Å². The van der Waals surface area contributed by atoms with Gasteiger partial charge in [0.15, 0.2) is 0 Å². The largest absolute Gasteiger partial charge is 0.352 e. The topological polar surface area (TPSA) is 41.5 Å². The van der Waals surface area contributed by atoms with Crippen molar-refractivity contribution < 1.29 is 7.65 Å². The van der Waals surface area contributed by atoms with Gasteiger partial charge in [-0.3, -0.25) is 9.79 Å². The highest BCUT2D eigenvalue weighted by Gasteiger charge is 2.18. The minimum atomic E-state index is -0.0530. The molecule has 0 atom stereocenters. The lowest BCUT2D eigenvalue weighted by Crippen LogP contribution is -2.25. The normalized spacial score (nSPS) is 12.0. The van der Waals surface area contributed by atoms with Gasteiger partial charge in [-0.05, 0) is 42.7 Å². The number of amides is 1. The van der Waals surface area contributed by atoms with Crippen LogP contribution >= 0.6 is 11.8 Å². The fraction of sp³-hybridized carbons (Fsp3) is 0.231. The van der Waals surface area contributed by atoms with E-state index in [4.69, 9.17) is 4.99 Å². The van der Waals surface area contributed by atoms with Crippen LogP contribution in [0.5, 0.6) is 0 Å². The summed E-state index contributed by atoms with van der Waals surface area (Å²) in [5, 5.41) is 3.03. The summed E-state index contributed by atoms with van der Waals surface area (Å²) in [6.07, 6.45) is 2.78. The van der Waals surface area contributed by atoms with Gasteiger partial charge in [0.1, 0.15) is 0 Å². The zero-order valence-electron chi connectivity index (χ0n) is 16.5. The minimum Gasteiger partial charge on any atom is -0.352 e. The lowest BCUT2D eigenvalue weighted by atomic mass is 10.1. The summed E-state index contributed by atoms with van der Waals surface area (Å²) < 4.78 is 0. The summed E-state index contributed by atoms with van der Waals surface area (Å²) in [5.41, 5.74) is 5.05. The van der Waals surface area contributed by atoms with Crippen LogP contribution in [0.2, 0.25) is 0 Å². The standard InChI is InChI=1S/C25H24N2OS.CH4.2H2/c1-2-8-21-20-11-6-7-12-23(20)29-24-14-13-19(17-22(24)27-21)25(28)26-16-15-18-9-4-3-5-10-18;;;/h3-7,9-14,17H,2,8,15-16H2,1H3,(H,26,28);1H4;2*1H. The van der Waals surface area contributed by atoms with Crippen molar-refractivity contribution in [1.82, 2.24) is 5.32 Å². The Balaban J connectivity index is 0.00000171. The van der Waals surface area contributed by atoms with Gasteiger partial charge in [0.2, 0.25) is 0 Å². The molecule has 0 aromatic heterocycles. The first-order chi connectivity index (χ1) is 14.2. The number of nitrogens with zero attached hydrogens (tertiary/aromatic N) is 1. The second-order valence-electron chi connectivity index (χ2n) is 7.08. The Bertz CT molecular complexity index is 1050. The second kappa shape index (κ2) is 10.3. The summed E-state index contributed by atoms with van der Waals surface area (Å²) in [4.78, 5) is 19.9. The molecule has 1 N–H and O–H groups in total. The molecule has 3 nitrogen and oxygen atoms in total. The van der Waals surface area contributed by atoms with E-state index in [1.165, 1.54) is 16.0 Å². The fourth-order valence-electron chi connectivity index (χ4n) is 3.44. The molecule has 1 aliphatic rings. The number of hydrogen-bond donors (Lipinski definition) is 1. The van der Waals surface area contributed by atoms with Gasteiger partial charge in [0.25, 0.3) is 5.91 Å². The van der Waals surface area contributed by atoms with Crippen LogP contribution in [0.3, 0.4) is 0 Å². The number of fused-ring (bicyclic) bond motifs is 2. The Labute approximate surface area is 186 Å². The molecule has 0 fully saturated rings. The minimum absolute atomic E-state index is 0. The highest BCUT2D eigenvalue weighted by molar-refractivity contribution is 7.99. The molecule has 0 saturated heterocycles. The van der Waals surface area contributed by atoms with Crippen molar-refractivity contribution in [3.63, 3.8) is 0 Å². The number of carbonyl (C=O) groups excluding carboxylic acids is 1. The number of nitrogens with one attached hydrogen (secondary N) is 1. The van der Waals surface area contributed by atoms with E-state index < -0.39 is 0 Å². The maximum Gasteiger partial charge on any atom is 0.251 e. The van der Waals surface area contributed by atoms with Crippen LogP contribution in [0.25, 0.3) is 0 Å². The van der Waals surface area contributed by atoms with Gasteiger partial charge in [-0.1, -0.05) is 81.1 Å². The molecule has 0 bridgehead atoms. The second-order valence-corrected chi connectivity index (χ2v) is 8.16. The monoisotopic (exact) mass is 420 g/mol. The molecule has 1 amide bonds. The SMILES string of the molecule is C.CCCC1=Nc2cc(C(=O)NCCc3ccccc3)ccc2Sc2ccccc21.[HH].[HH]. The van der Waals surface area contributed by atoms with Gasteiger partial charge in [-0.25, -0.2) is 0 Å². The maximum atomic E-state index is 12.7. The number of hydrogen-bond acceptors (Lipinski definition) is 3. The molecule has 0 unspecified atom stereocenters. The van der Waals surface area contributed by atoms with Gasteiger partial charge in [0, 0.05) is 36.0 Å². The maximum absolute atomic E-state index is 12.7. The molecule has 1 aliphatic heterocycles. The van der Waals surface area contributed by atoms with Crippen LogP contribution in [0.15, 0.2) is 87.6 Å². The Hall–Kier alpha value is -2.85. The first kappa shape index (κ1) is 21.8. The molecule has 3 aromatic rings. The molecule has 4 heteroatoms. The van der Waals surface area contributed by atoms with Crippen molar-refractivity contribution >= 4 is 29.1 Å². The first-order valence-corrected chi connectivity index (χ1v) is 10.9. The molecule has 30 heavy (non-hydrogen) atoms. The molecule has 0 radical (unpaired) electrons. The molecule has 1 heterocycles. The Morgan fingerprint density at radius 2 is 1.73 bits per heavy atom. The highest BCUT2D eigenvalue weighted by atomic mass is 32.2. The molecule has 3 aromatic carbocycles. The van der Waals surface area contributed by atoms with Crippen molar-refractivity contribution in [2.24, 2.45) is 4.99 Å². The number of carbonyl (C=O) groups is 1. The Kier molecular flexibility index (Phi) is 7.47. The summed E-state index contributed by atoms with van der Waals surface area (Å²) >= 11 is 1.72.